The minimum absolute atomic E-state index is 0.134. The maximum atomic E-state index is 13.1. The number of aromatic nitrogens is 5. The second-order valence-corrected chi connectivity index (χ2v) is 9.36. The summed E-state index contributed by atoms with van der Waals surface area (Å²) in [5.74, 6) is 2.04. The zero-order chi connectivity index (χ0) is 22.0. The van der Waals surface area contributed by atoms with Gasteiger partial charge in [-0.05, 0) is 42.4 Å². The van der Waals surface area contributed by atoms with E-state index in [4.69, 9.17) is 0 Å². The molecule has 32 heavy (non-hydrogen) atoms. The van der Waals surface area contributed by atoms with Crippen LogP contribution in [0.2, 0.25) is 0 Å². The molecule has 1 saturated carbocycles. The Kier molecular flexibility index (Phi) is 4.24. The Balaban J connectivity index is 1.21. The van der Waals surface area contributed by atoms with Crippen LogP contribution in [-0.4, -0.2) is 61.4 Å². The molecule has 2 bridgehead atoms. The van der Waals surface area contributed by atoms with Crippen molar-refractivity contribution < 1.29 is 4.79 Å². The van der Waals surface area contributed by atoms with Crippen LogP contribution in [0.25, 0.3) is 11.0 Å². The van der Waals surface area contributed by atoms with E-state index in [0.717, 1.165) is 53.6 Å². The zero-order valence-corrected chi connectivity index (χ0v) is 17.8. The van der Waals surface area contributed by atoms with Crippen LogP contribution in [0.15, 0.2) is 33.9 Å². The molecule has 4 atom stereocenters. The van der Waals surface area contributed by atoms with Gasteiger partial charge in [0, 0.05) is 44.7 Å². The summed E-state index contributed by atoms with van der Waals surface area (Å²) in [6.45, 7) is 2.33. The number of hydrogen-bond acceptors (Lipinski definition) is 6. The number of nitrogens with zero attached hydrogens (tertiary/aromatic N) is 5. The van der Waals surface area contributed by atoms with Crippen molar-refractivity contribution in [2.45, 2.75) is 25.3 Å². The van der Waals surface area contributed by atoms with Gasteiger partial charge < -0.3 is 9.80 Å². The molecule has 3 saturated heterocycles. The normalized spacial score (nSPS) is 26.7. The quantitative estimate of drug-likeness (QED) is 0.609. The van der Waals surface area contributed by atoms with Crippen molar-refractivity contribution in [2.75, 3.05) is 24.5 Å². The van der Waals surface area contributed by atoms with E-state index < -0.39 is 5.69 Å². The first-order chi connectivity index (χ1) is 15.5. The average molecular weight is 435 g/mol. The molecule has 4 unspecified atom stereocenters. The Hall–Kier alpha value is -3.43. The van der Waals surface area contributed by atoms with Crippen LogP contribution in [0, 0.1) is 17.8 Å². The Morgan fingerprint density at radius 3 is 2.72 bits per heavy atom. The summed E-state index contributed by atoms with van der Waals surface area (Å²) in [7, 11) is 1.48. The van der Waals surface area contributed by atoms with Crippen LogP contribution in [0.4, 0.5) is 5.82 Å². The summed E-state index contributed by atoms with van der Waals surface area (Å²) in [6, 6.07) is 7.49. The molecule has 3 aromatic rings. The van der Waals surface area contributed by atoms with Crippen molar-refractivity contribution in [1.29, 1.82) is 0 Å². The number of rotatable bonds is 3. The maximum absolute atomic E-state index is 13.1. The molecule has 5 heterocycles. The van der Waals surface area contributed by atoms with E-state index in [1.807, 2.05) is 23.1 Å². The number of fused-ring (bicyclic) bond motifs is 3. The molecule has 10 nitrogen and oxygen atoms in total. The van der Waals surface area contributed by atoms with Crippen LogP contribution in [-0.2, 0) is 18.3 Å². The number of carbonyl (C=O) groups is 1. The number of nitrogens with one attached hydrogen (secondary N) is 2. The van der Waals surface area contributed by atoms with Crippen LogP contribution < -0.4 is 16.1 Å². The topological polar surface area (TPSA) is 120 Å². The Labute approximate surface area is 183 Å². The van der Waals surface area contributed by atoms with Gasteiger partial charge in [0.2, 0.25) is 5.91 Å². The first-order valence-corrected chi connectivity index (χ1v) is 11.1. The third kappa shape index (κ3) is 2.96. The van der Waals surface area contributed by atoms with E-state index in [-0.39, 0.29) is 17.5 Å². The number of anilines is 1. The maximum Gasteiger partial charge on any atom is 0.329 e. The lowest BCUT2D eigenvalue weighted by molar-refractivity contribution is -0.129. The lowest BCUT2D eigenvalue weighted by atomic mass is 9.66. The molecule has 2 N–H and O–H groups in total. The Morgan fingerprint density at radius 1 is 1.06 bits per heavy atom. The number of benzene rings is 1. The summed E-state index contributed by atoms with van der Waals surface area (Å²) in [5, 5.41) is 10.8. The highest BCUT2D eigenvalue weighted by Crippen LogP contribution is 2.48. The molecule has 0 spiro atoms. The molecule has 1 aliphatic carbocycles. The highest BCUT2D eigenvalue weighted by Gasteiger charge is 2.52. The van der Waals surface area contributed by atoms with Gasteiger partial charge in [0.1, 0.15) is 16.9 Å². The van der Waals surface area contributed by atoms with Crippen molar-refractivity contribution in [2.24, 2.45) is 24.8 Å². The molecular formula is C22H25N7O3. The fourth-order valence-electron chi connectivity index (χ4n) is 6.04. The Morgan fingerprint density at radius 2 is 1.88 bits per heavy atom. The van der Waals surface area contributed by atoms with Gasteiger partial charge in [-0.1, -0.05) is 6.07 Å². The van der Waals surface area contributed by atoms with E-state index in [1.165, 1.54) is 13.1 Å². The van der Waals surface area contributed by atoms with Gasteiger partial charge in [-0.25, -0.2) is 4.79 Å². The van der Waals surface area contributed by atoms with Crippen molar-refractivity contribution in [3.63, 3.8) is 0 Å². The van der Waals surface area contributed by atoms with Crippen molar-refractivity contribution >= 4 is 22.8 Å². The lowest BCUT2D eigenvalue weighted by Gasteiger charge is -2.52. The second-order valence-electron chi connectivity index (χ2n) is 9.36. The van der Waals surface area contributed by atoms with Gasteiger partial charge in [0.25, 0.3) is 5.56 Å². The lowest BCUT2D eigenvalue weighted by Crippen LogP contribution is -2.58. The first kappa shape index (κ1) is 19.3. The molecule has 1 aromatic carbocycles. The Bertz CT molecular complexity index is 1290. The number of H-pyrrole nitrogens is 2. The number of hydrogen-bond donors (Lipinski definition) is 2. The molecule has 1 amide bonds. The monoisotopic (exact) mass is 435 g/mol. The number of aromatic amines is 2. The summed E-state index contributed by atoms with van der Waals surface area (Å²) in [4.78, 5) is 44.5. The molecular weight excluding hydrogens is 410 g/mol. The van der Waals surface area contributed by atoms with Gasteiger partial charge in [-0.3, -0.25) is 19.1 Å². The number of piperidine rings is 2. The van der Waals surface area contributed by atoms with E-state index in [1.54, 1.807) is 0 Å². The summed E-state index contributed by atoms with van der Waals surface area (Å²) < 4.78 is 1.08. The SMILES string of the molecule is Cn1c(=O)cc(N2CC3CCC2C2CN(C(=O)Cc4ccc5n[nH]nc5c4)CC32)[nH]c1=O. The molecule has 2 aromatic heterocycles. The summed E-state index contributed by atoms with van der Waals surface area (Å²) in [6.07, 6.45) is 2.50. The third-order valence-electron chi connectivity index (χ3n) is 7.71. The van der Waals surface area contributed by atoms with Crippen molar-refractivity contribution in [3.8, 4) is 0 Å². The molecule has 4 aliphatic rings. The predicted molar refractivity (Wildman–Crippen MR) is 117 cm³/mol. The van der Waals surface area contributed by atoms with Gasteiger partial charge in [-0.2, -0.15) is 15.4 Å². The molecule has 4 fully saturated rings. The molecule has 0 radical (unpaired) electrons. The van der Waals surface area contributed by atoms with Crippen LogP contribution in [0.3, 0.4) is 0 Å². The van der Waals surface area contributed by atoms with Crippen LogP contribution in [0.5, 0.6) is 0 Å². The largest absolute Gasteiger partial charge is 0.354 e. The molecule has 3 aliphatic heterocycles. The molecule has 10 heteroatoms. The summed E-state index contributed by atoms with van der Waals surface area (Å²) in [5.41, 5.74) is 1.81. The minimum atomic E-state index is -0.391. The zero-order valence-electron chi connectivity index (χ0n) is 17.8. The van der Waals surface area contributed by atoms with Gasteiger partial charge in [-0.15, -0.1) is 0 Å². The number of likely N-dealkylation sites (tertiary alicyclic amines) is 1. The molecule has 7 rings (SSSR count). The minimum Gasteiger partial charge on any atom is -0.354 e. The number of amides is 1. The van der Waals surface area contributed by atoms with Crippen LogP contribution >= 0.6 is 0 Å². The highest BCUT2D eigenvalue weighted by atomic mass is 16.2. The van der Waals surface area contributed by atoms with Gasteiger partial charge in [0.15, 0.2) is 0 Å². The third-order valence-corrected chi connectivity index (χ3v) is 7.71. The van der Waals surface area contributed by atoms with Crippen LogP contribution in [0.1, 0.15) is 18.4 Å². The van der Waals surface area contributed by atoms with Gasteiger partial charge >= 0.3 is 5.69 Å². The fourth-order valence-corrected chi connectivity index (χ4v) is 6.04. The van der Waals surface area contributed by atoms with Crippen molar-refractivity contribution in [1.82, 2.24) is 29.9 Å². The highest BCUT2D eigenvalue weighted by molar-refractivity contribution is 5.81. The smallest absolute Gasteiger partial charge is 0.329 e. The van der Waals surface area contributed by atoms with Gasteiger partial charge in [0.05, 0.1) is 6.42 Å². The van der Waals surface area contributed by atoms with E-state index in [9.17, 15) is 14.4 Å². The van der Waals surface area contributed by atoms with E-state index >= 15 is 0 Å². The fraction of sp³-hybridized carbons (Fsp3) is 0.500. The average Bonchev–Trinajstić information content (AvgIpc) is 3.45. The van der Waals surface area contributed by atoms with Crippen molar-refractivity contribution in [3.05, 3.63) is 50.7 Å². The molecule has 166 valence electrons. The first-order valence-electron chi connectivity index (χ1n) is 11.1. The van der Waals surface area contributed by atoms with E-state index in [2.05, 4.69) is 25.3 Å². The standard InChI is InChI=1S/C22H25N7O3/c1-27-20(30)8-19(23-22(27)32)29-9-13-3-5-18(29)15-11-28(10-14(13)15)21(31)7-12-2-4-16-17(6-12)25-26-24-16/h2,4,6,8,13-15,18H,3,5,7,9-11H2,1H3,(H,23,32)(H,24,25,26). The predicted octanol–water partition coefficient (Wildman–Crippen LogP) is 0.261. The van der Waals surface area contributed by atoms with E-state index in [0.29, 0.717) is 30.0 Å². The summed E-state index contributed by atoms with van der Waals surface area (Å²) >= 11 is 0. The number of carbonyl (C=O) groups excluding carboxylic acids is 1. The second kappa shape index (κ2) is 7.04.